The van der Waals surface area contributed by atoms with Crippen molar-refractivity contribution in [1.29, 1.82) is 0 Å². The average Bonchev–Trinajstić information content (AvgIpc) is 3.29. The van der Waals surface area contributed by atoms with Gasteiger partial charge in [-0.15, -0.1) is 0 Å². The summed E-state index contributed by atoms with van der Waals surface area (Å²) in [4.78, 5) is 24.1. The van der Waals surface area contributed by atoms with Crippen molar-refractivity contribution in [2.45, 2.75) is 88.6 Å². The molecule has 7 nitrogen and oxygen atoms in total. The van der Waals surface area contributed by atoms with E-state index in [0.29, 0.717) is 18.1 Å². The molecule has 0 aliphatic carbocycles. The number of epoxide rings is 1. The summed E-state index contributed by atoms with van der Waals surface area (Å²) >= 11 is 1.13. The normalized spacial score (nSPS) is 45.5. The van der Waals surface area contributed by atoms with Gasteiger partial charge in [0.05, 0.1) is 18.2 Å². The van der Waals surface area contributed by atoms with Crippen molar-refractivity contribution in [1.82, 2.24) is 5.32 Å². The second-order valence-corrected chi connectivity index (χ2v) is 9.98. The maximum atomic E-state index is 12.5. The minimum absolute atomic E-state index is 0.153. The highest BCUT2D eigenvalue weighted by Crippen LogP contribution is 2.37. The minimum atomic E-state index is -1.54. The number of carbonyl (C=O) groups excluding carboxylic acids is 2. The molecule has 1 amide bonds. The number of carbonyl (C=O) groups is 2. The van der Waals surface area contributed by atoms with E-state index in [9.17, 15) is 14.7 Å². The number of hydrogen-bond acceptors (Lipinski definition) is 7. The lowest BCUT2D eigenvalue weighted by Crippen LogP contribution is -2.58. The highest BCUT2D eigenvalue weighted by atomic mass is 32.2. The molecule has 166 valence electrons. The highest BCUT2D eigenvalue weighted by molar-refractivity contribution is 8.14. The third-order valence-electron chi connectivity index (χ3n) is 6.30. The smallest absolute Gasteiger partial charge is 0.330 e. The second kappa shape index (κ2) is 9.02. The van der Waals surface area contributed by atoms with Gasteiger partial charge in [-0.05, 0) is 38.5 Å². The molecule has 0 aromatic heterocycles. The van der Waals surface area contributed by atoms with Crippen LogP contribution in [0.25, 0.3) is 0 Å². The Hall–Kier alpha value is -1.35. The van der Waals surface area contributed by atoms with Crippen molar-refractivity contribution >= 4 is 23.0 Å². The lowest BCUT2D eigenvalue weighted by molar-refractivity contribution is -0.283. The van der Waals surface area contributed by atoms with Crippen LogP contribution in [0.2, 0.25) is 0 Å². The first-order valence-corrected chi connectivity index (χ1v) is 11.8. The third-order valence-corrected chi connectivity index (χ3v) is 7.18. The van der Waals surface area contributed by atoms with E-state index in [1.807, 2.05) is 6.92 Å². The third kappa shape index (κ3) is 5.46. The Bertz CT molecular complexity index is 739. The molecule has 30 heavy (non-hydrogen) atoms. The average molecular weight is 438 g/mol. The Labute approximate surface area is 181 Å². The summed E-state index contributed by atoms with van der Waals surface area (Å²) in [6.07, 6.45) is 9.56. The molecule has 0 aromatic carbocycles. The summed E-state index contributed by atoms with van der Waals surface area (Å²) in [6.45, 7) is 4.08. The lowest BCUT2D eigenvalue weighted by atomic mass is 9.90. The molecule has 0 radical (unpaired) electrons. The molecular weight excluding hydrogens is 406 g/mol. The highest BCUT2D eigenvalue weighted by Gasteiger charge is 2.49. The molecular formula is C22H31NO6S. The number of rotatable bonds is 1. The summed E-state index contributed by atoms with van der Waals surface area (Å²) in [5, 5.41) is 13.9. The van der Waals surface area contributed by atoms with Crippen LogP contribution in [0.15, 0.2) is 23.8 Å². The summed E-state index contributed by atoms with van der Waals surface area (Å²) < 4.78 is 17.5. The van der Waals surface area contributed by atoms with Crippen LogP contribution in [0, 0.1) is 5.92 Å². The number of aliphatic hydroxyl groups is 1. The second-order valence-electron chi connectivity index (χ2n) is 8.99. The summed E-state index contributed by atoms with van der Waals surface area (Å²) in [6, 6.07) is -0.511. The number of nitrogens with one attached hydrogen (secondary N) is 1. The zero-order valence-corrected chi connectivity index (χ0v) is 18.4. The Morgan fingerprint density at radius 2 is 2.03 bits per heavy atom. The van der Waals surface area contributed by atoms with Crippen molar-refractivity contribution in [3.05, 3.63) is 23.8 Å². The largest absolute Gasteiger partial charge is 0.459 e. The molecule has 0 saturated carbocycles. The molecule has 7 atom stereocenters. The molecule has 2 N–H and O–H groups in total. The molecule has 8 heteroatoms. The number of amides is 1. The van der Waals surface area contributed by atoms with Gasteiger partial charge in [-0.2, -0.15) is 0 Å². The molecule has 4 heterocycles. The van der Waals surface area contributed by atoms with Gasteiger partial charge < -0.3 is 24.6 Å². The predicted octanol–water partition coefficient (Wildman–Crippen LogP) is 3.07. The van der Waals surface area contributed by atoms with Gasteiger partial charge in [0.2, 0.25) is 0 Å². The van der Waals surface area contributed by atoms with E-state index in [1.54, 1.807) is 0 Å². The predicted molar refractivity (Wildman–Crippen MR) is 113 cm³/mol. The Morgan fingerprint density at radius 3 is 2.80 bits per heavy atom. The van der Waals surface area contributed by atoms with Crippen molar-refractivity contribution in [3.8, 4) is 0 Å². The zero-order valence-electron chi connectivity index (χ0n) is 17.5. The van der Waals surface area contributed by atoms with Crippen LogP contribution in [0.5, 0.6) is 0 Å². The van der Waals surface area contributed by atoms with Gasteiger partial charge >= 0.3 is 5.97 Å². The van der Waals surface area contributed by atoms with Gasteiger partial charge in [0.25, 0.3) is 5.24 Å². The van der Waals surface area contributed by atoms with E-state index >= 15 is 0 Å². The number of fused-ring (bicyclic) bond motifs is 3. The molecule has 4 aliphatic rings. The van der Waals surface area contributed by atoms with Crippen LogP contribution in [0.4, 0.5) is 4.79 Å². The first-order chi connectivity index (χ1) is 14.3. The van der Waals surface area contributed by atoms with E-state index in [0.717, 1.165) is 43.0 Å². The van der Waals surface area contributed by atoms with Crippen LogP contribution >= 0.6 is 11.8 Å². The first kappa shape index (κ1) is 21.9. The fourth-order valence-corrected chi connectivity index (χ4v) is 5.34. The van der Waals surface area contributed by atoms with E-state index in [2.05, 4.69) is 24.4 Å². The van der Waals surface area contributed by atoms with Crippen molar-refractivity contribution in [2.75, 3.05) is 5.75 Å². The van der Waals surface area contributed by atoms with E-state index < -0.39 is 17.9 Å². The van der Waals surface area contributed by atoms with Gasteiger partial charge in [0, 0.05) is 24.7 Å². The van der Waals surface area contributed by atoms with Crippen LogP contribution < -0.4 is 5.32 Å². The SMILES string of the molecule is C/C1=C/C(=O)O[C@@H]2C[C@@H](CC[C@H](C)/C=C\C3OC3CC1)O[C@@](O)([C@@H]1CSC(=O)N1)C2. The molecule has 0 aromatic rings. The number of allylic oxidation sites excluding steroid dienone is 2. The topological polar surface area (TPSA) is 97.4 Å². The molecule has 4 rings (SSSR count). The van der Waals surface area contributed by atoms with Gasteiger partial charge in [0.1, 0.15) is 12.2 Å². The molecule has 4 aliphatic heterocycles. The Kier molecular flexibility index (Phi) is 6.58. The molecule has 0 spiro atoms. The Morgan fingerprint density at radius 1 is 1.20 bits per heavy atom. The van der Waals surface area contributed by atoms with Crippen LogP contribution in [-0.4, -0.2) is 58.3 Å². The zero-order chi connectivity index (χ0) is 21.3. The first-order valence-electron chi connectivity index (χ1n) is 10.9. The number of hydrogen-bond donors (Lipinski definition) is 2. The van der Waals surface area contributed by atoms with Crippen LogP contribution in [0.1, 0.15) is 52.4 Å². The number of esters is 1. The molecule has 3 fully saturated rings. The molecule has 2 unspecified atom stereocenters. The fourth-order valence-electron chi connectivity index (χ4n) is 4.45. The summed E-state index contributed by atoms with van der Waals surface area (Å²) in [5.41, 5.74) is 0.956. The van der Waals surface area contributed by atoms with Crippen molar-refractivity contribution < 1.29 is 28.9 Å². The summed E-state index contributed by atoms with van der Waals surface area (Å²) in [7, 11) is 0. The van der Waals surface area contributed by atoms with Crippen LogP contribution in [-0.2, 0) is 19.0 Å². The van der Waals surface area contributed by atoms with E-state index in [1.165, 1.54) is 6.08 Å². The summed E-state index contributed by atoms with van der Waals surface area (Å²) in [5.74, 6) is -1.14. The lowest BCUT2D eigenvalue weighted by Gasteiger charge is -2.43. The number of ether oxygens (including phenoxy) is 3. The minimum Gasteiger partial charge on any atom is -0.459 e. The molecule has 2 bridgehead atoms. The maximum absolute atomic E-state index is 12.5. The van der Waals surface area contributed by atoms with Crippen molar-refractivity contribution in [2.24, 2.45) is 5.92 Å². The fraction of sp³-hybridized carbons (Fsp3) is 0.727. The van der Waals surface area contributed by atoms with E-state index in [4.69, 9.17) is 14.2 Å². The van der Waals surface area contributed by atoms with Gasteiger partial charge in [0.15, 0.2) is 5.79 Å². The number of thioether (sulfide) groups is 1. The quantitative estimate of drug-likeness (QED) is 0.370. The van der Waals surface area contributed by atoms with Gasteiger partial charge in [-0.1, -0.05) is 36.4 Å². The standard InChI is InChI=1S/C22H31NO6S/c1-13-3-6-15-10-16(11-22(26,29-15)19-12-30-21(25)23-19)27-20(24)9-14(2)5-8-18-17(28-18)7-4-13/h4,7,9,13,15-19,26H,3,5-6,8,10-12H2,1-2H3,(H,23,25)/b7-4-,14-9-/t13-,15+,16+,17?,18?,19-,22+/m0/s1. The monoisotopic (exact) mass is 437 g/mol. The van der Waals surface area contributed by atoms with Crippen LogP contribution in [0.3, 0.4) is 0 Å². The Balaban J connectivity index is 1.50. The van der Waals surface area contributed by atoms with Crippen molar-refractivity contribution in [3.63, 3.8) is 0 Å². The molecule has 3 saturated heterocycles. The maximum Gasteiger partial charge on any atom is 0.330 e. The van der Waals surface area contributed by atoms with E-state index in [-0.39, 0.29) is 35.9 Å². The van der Waals surface area contributed by atoms with Gasteiger partial charge in [-0.25, -0.2) is 4.79 Å². The van der Waals surface area contributed by atoms with Gasteiger partial charge in [-0.3, -0.25) is 4.79 Å².